The lowest BCUT2D eigenvalue weighted by molar-refractivity contribution is 0.253. The molecule has 1 aromatic rings. The number of ether oxygens (including phenoxy) is 1. The highest BCUT2D eigenvalue weighted by Gasteiger charge is 2.33. The molecule has 0 spiro atoms. The van der Waals surface area contributed by atoms with E-state index in [1.807, 2.05) is 24.3 Å². The highest BCUT2D eigenvalue weighted by atomic mass is 79.9. The zero-order valence-electron chi connectivity index (χ0n) is 11.2. The van der Waals surface area contributed by atoms with Crippen LogP contribution >= 0.6 is 15.9 Å². The predicted molar refractivity (Wildman–Crippen MR) is 79.1 cm³/mol. The summed E-state index contributed by atoms with van der Waals surface area (Å²) in [6.07, 6.45) is 3.97. The van der Waals surface area contributed by atoms with Crippen molar-refractivity contribution < 1.29 is 4.74 Å². The van der Waals surface area contributed by atoms with Gasteiger partial charge in [0.2, 0.25) is 0 Å². The van der Waals surface area contributed by atoms with Crippen molar-refractivity contribution in [3.05, 3.63) is 28.7 Å². The van der Waals surface area contributed by atoms with Gasteiger partial charge in [0.1, 0.15) is 12.4 Å². The minimum Gasteiger partial charge on any atom is -0.492 e. The highest BCUT2D eigenvalue weighted by molar-refractivity contribution is 9.10. The van der Waals surface area contributed by atoms with Crippen LogP contribution in [0.1, 0.15) is 33.1 Å². The summed E-state index contributed by atoms with van der Waals surface area (Å²) in [5.41, 5.74) is 0.442. The minimum absolute atomic E-state index is 0.442. The summed E-state index contributed by atoms with van der Waals surface area (Å²) in [5, 5.41) is 3.62. The number of benzene rings is 1. The minimum atomic E-state index is 0.442. The van der Waals surface area contributed by atoms with Gasteiger partial charge in [-0.05, 0) is 42.5 Å². The Morgan fingerprint density at radius 2 is 2.06 bits per heavy atom. The zero-order valence-corrected chi connectivity index (χ0v) is 12.8. The molecule has 0 aromatic heterocycles. The molecule has 3 heteroatoms. The third-order valence-corrected chi connectivity index (χ3v) is 4.36. The summed E-state index contributed by atoms with van der Waals surface area (Å²) in [6, 6.07) is 8.63. The smallest absolute Gasteiger partial charge is 0.119 e. The predicted octanol–water partition coefficient (Wildman–Crippen LogP) is 4.00. The van der Waals surface area contributed by atoms with E-state index in [2.05, 4.69) is 35.1 Å². The first kappa shape index (κ1) is 13.9. The fourth-order valence-corrected chi connectivity index (χ4v) is 2.90. The van der Waals surface area contributed by atoms with Gasteiger partial charge in [-0.1, -0.05) is 36.2 Å². The second-order valence-corrected chi connectivity index (χ2v) is 6.61. The van der Waals surface area contributed by atoms with Crippen LogP contribution in [0.15, 0.2) is 28.7 Å². The maximum atomic E-state index is 5.71. The van der Waals surface area contributed by atoms with Gasteiger partial charge in [0.25, 0.3) is 0 Å². The van der Waals surface area contributed by atoms with E-state index in [4.69, 9.17) is 4.74 Å². The first-order valence-electron chi connectivity index (χ1n) is 6.70. The van der Waals surface area contributed by atoms with Crippen molar-refractivity contribution in [2.45, 2.75) is 39.2 Å². The molecule has 0 radical (unpaired) electrons. The Morgan fingerprint density at radius 3 is 2.67 bits per heavy atom. The van der Waals surface area contributed by atoms with Crippen LogP contribution < -0.4 is 10.1 Å². The largest absolute Gasteiger partial charge is 0.492 e. The lowest BCUT2D eigenvalue weighted by Crippen LogP contribution is -2.39. The van der Waals surface area contributed by atoms with Crippen LogP contribution in [0.2, 0.25) is 0 Å². The third kappa shape index (κ3) is 3.72. The van der Waals surface area contributed by atoms with Crippen LogP contribution in [0.5, 0.6) is 5.75 Å². The molecule has 1 unspecified atom stereocenters. The second kappa shape index (κ2) is 6.07. The van der Waals surface area contributed by atoms with E-state index in [0.29, 0.717) is 11.5 Å². The molecule has 1 aliphatic carbocycles. The Hall–Kier alpha value is -0.540. The molecule has 0 heterocycles. The van der Waals surface area contributed by atoms with Crippen LogP contribution in [-0.4, -0.2) is 19.2 Å². The Kier molecular flexibility index (Phi) is 4.68. The fourth-order valence-electron chi connectivity index (χ4n) is 2.64. The van der Waals surface area contributed by atoms with E-state index >= 15 is 0 Å². The molecule has 1 N–H and O–H groups in total. The first-order chi connectivity index (χ1) is 8.58. The molecule has 0 amide bonds. The van der Waals surface area contributed by atoms with E-state index < -0.39 is 0 Å². The molecule has 1 atom stereocenters. The summed E-state index contributed by atoms with van der Waals surface area (Å²) in [5.74, 6) is 0.936. The Labute approximate surface area is 118 Å². The first-order valence-corrected chi connectivity index (χ1v) is 7.49. The maximum absolute atomic E-state index is 5.71. The number of hydrogen-bond acceptors (Lipinski definition) is 2. The van der Waals surface area contributed by atoms with Gasteiger partial charge < -0.3 is 10.1 Å². The Morgan fingerprint density at radius 1 is 1.33 bits per heavy atom. The molecule has 1 saturated carbocycles. The zero-order chi connectivity index (χ0) is 13.0. The van der Waals surface area contributed by atoms with E-state index in [0.717, 1.165) is 23.4 Å². The molecule has 0 saturated heterocycles. The van der Waals surface area contributed by atoms with Crippen molar-refractivity contribution in [1.29, 1.82) is 0 Å². The van der Waals surface area contributed by atoms with Gasteiger partial charge in [-0.3, -0.25) is 0 Å². The van der Waals surface area contributed by atoms with E-state index in [-0.39, 0.29) is 0 Å². The summed E-state index contributed by atoms with van der Waals surface area (Å²) >= 11 is 3.42. The Bertz CT molecular complexity index is 375. The number of hydrogen-bond donors (Lipinski definition) is 1. The molecule has 1 aromatic carbocycles. The van der Waals surface area contributed by atoms with Crippen molar-refractivity contribution in [2.75, 3.05) is 13.2 Å². The molecule has 0 bridgehead atoms. The summed E-state index contributed by atoms with van der Waals surface area (Å²) in [6.45, 7) is 6.36. The molecular formula is C15H22BrNO. The van der Waals surface area contributed by atoms with Gasteiger partial charge in [-0.15, -0.1) is 0 Å². The van der Waals surface area contributed by atoms with Gasteiger partial charge in [0, 0.05) is 17.1 Å². The van der Waals surface area contributed by atoms with Crippen LogP contribution in [0.3, 0.4) is 0 Å². The van der Waals surface area contributed by atoms with Gasteiger partial charge in [0.05, 0.1) is 0 Å². The highest BCUT2D eigenvalue weighted by Crippen LogP contribution is 2.36. The molecular weight excluding hydrogens is 290 g/mol. The number of rotatable bonds is 5. The molecule has 1 fully saturated rings. The standard InChI is InChI=1S/C15H22BrNO/c1-15(2)9-3-4-14(15)17-10-11-18-13-7-5-12(16)6-8-13/h5-8,14,17H,3-4,9-11H2,1-2H3. The van der Waals surface area contributed by atoms with Gasteiger partial charge in [-0.2, -0.15) is 0 Å². The van der Waals surface area contributed by atoms with E-state index in [9.17, 15) is 0 Å². The van der Waals surface area contributed by atoms with E-state index in [1.165, 1.54) is 19.3 Å². The Balaban J connectivity index is 1.68. The molecule has 18 heavy (non-hydrogen) atoms. The number of halogens is 1. The van der Waals surface area contributed by atoms with Crippen molar-refractivity contribution in [3.63, 3.8) is 0 Å². The average molecular weight is 312 g/mol. The molecule has 0 aliphatic heterocycles. The average Bonchev–Trinajstić information content (AvgIpc) is 2.66. The quantitative estimate of drug-likeness (QED) is 0.830. The monoisotopic (exact) mass is 311 g/mol. The third-order valence-electron chi connectivity index (χ3n) is 3.83. The van der Waals surface area contributed by atoms with Gasteiger partial charge >= 0.3 is 0 Å². The molecule has 1 aliphatic rings. The maximum Gasteiger partial charge on any atom is 0.119 e. The van der Waals surface area contributed by atoms with Gasteiger partial charge in [-0.25, -0.2) is 0 Å². The van der Waals surface area contributed by atoms with Crippen LogP contribution in [-0.2, 0) is 0 Å². The van der Waals surface area contributed by atoms with Gasteiger partial charge in [0.15, 0.2) is 0 Å². The summed E-state index contributed by atoms with van der Waals surface area (Å²) < 4.78 is 6.79. The van der Waals surface area contributed by atoms with E-state index in [1.54, 1.807) is 0 Å². The summed E-state index contributed by atoms with van der Waals surface area (Å²) in [4.78, 5) is 0. The van der Waals surface area contributed by atoms with Crippen LogP contribution in [0, 0.1) is 5.41 Å². The van der Waals surface area contributed by atoms with Crippen molar-refractivity contribution in [2.24, 2.45) is 5.41 Å². The van der Waals surface area contributed by atoms with Crippen molar-refractivity contribution >= 4 is 15.9 Å². The topological polar surface area (TPSA) is 21.3 Å². The lowest BCUT2D eigenvalue weighted by atomic mass is 9.87. The summed E-state index contributed by atoms with van der Waals surface area (Å²) in [7, 11) is 0. The normalized spacial score (nSPS) is 22.1. The SMILES string of the molecule is CC1(C)CCCC1NCCOc1ccc(Br)cc1. The molecule has 2 rings (SSSR count). The fraction of sp³-hybridized carbons (Fsp3) is 0.600. The molecule has 2 nitrogen and oxygen atoms in total. The molecule has 100 valence electrons. The second-order valence-electron chi connectivity index (χ2n) is 5.69. The van der Waals surface area contributed by atoms with Crippen LogP contribution in [0.4, 0.5) is 0 Å². The lowest BCUT2D eigenvalue weighted by Gasteiger charge is -2.27. The number of nitrogens with one attached hydrogen (secondary N) is 1. The van der Waals surface area contributed by atoms with Crippen LogP contribution in [0.25, 0.3) is 0 Å². The van der Waals surface area contributed by atoms with Crippen molar-refractivity contribution in [3.8, 4) is 5.75 Å². The van der Waals surface area contributed by atoms with Crippen molar-refractivity contribution in [1.82, 2.24) is 5.32 Å².